The van der Waals surface area contributed by atoms with Crippen molar-refractivity contribution in [3.63, 3.8) is 0 Å². The second-order valence-electron chi connectivity index (χ2n) is 8.14. The van der Waals surface area contributed by atoms with E-state index in [4.69, 9.17) is 0 Å². The Morgan fingerprint density at radius 1 is 0.970 bits per heavy atom. The number of rotatable bonds is 6. The maximum Gasteiger partial charge on any atom is 0.336 e. The van der Waals surface area contributed by atoms with E-state index in [1.165, 1.54) is 18.2 Å². The number of carbonyl (C=O) groups is 1. The van der Waals surface area contributed by atoms with Crippen molar-refractivity contribution in [3.05, 3.63) is 94.6 Å². The van der Waals surface area contributed by atoms with Crippen LogP contribution >= 0.6 is 0 Å². The predicted octanol–water partition coefficient (Wildman–Crippen LogP) is 3.14. The molecule has 0 amide bonds. The summed E-state index contributed by atoms with van der Waals surface area (Å²) in [7, 11) is 3.17. The highest BCUT2D eigenvalue weighted by atomic mass is 32.2. The normalized spacial score (nSPS) is 13.2. The van der Waals surface area contributed by atoms with Gasteiger partial charge in [0.25, 0.3) is 0 Å². The molecule has 0 aromatic heterocycles. The van der Waals surface area contributed by atoms with Crippen molar-refractivity contribution in [2.24, 2.45) is 0 Å². The molecule has 3 rings (SSSR count). The van der Waals surface area contributed by atoms with E-state index in [0.29, 0.717) is 11.1 Å². The average molecular weight is 467 g/mol. The number of hydrogen-bond donors (Lipinski definition) is 1. The summed E-state index contributed by atoms with van der Waals surface area (Å²) in [6.45, 7) is 0. The van der Waals surface area contributed by atoms with Gasteiger partial charge in [-0.15, -0.1) is 0 Å². The molecule has 2 aromatic carbocycles. The van der Waals surface area contributed by atoms with E-state index >= 15 is 0 Å². The minimum atomic E-state index is -4.53. The van der Waals surface area contributed by atoms with Gasteiger partial charge in [-0.3, -0.25) is 0 Å². The molecule has 33 heavy (non-hydrogen) atoms. The number of aromatic carboxylic acids is 1. The lowest BCUT2D eigenvalue weighted by Gasteiger charge is -2.19. The molecule has 0 saturated carbocycles. The number of nitrogens with zero attached hydrogens (tertiary/aromatic N) is 2. The van der Waals surface area contributed by atoms with Gasteiger partial charge in [0.15, 0.2) is 5.71 Å². The van der Waals surface area contributed by atoms with E-state index in [9.17, 15) is 22.9 Å². The number of carboxylic acid groups (broad SMARTS) is 1. The monoisotopic (exact) mass is 466 g/mol. The summed E-state index contributed by atoms with van der Waals surface area (Å²) in [5, 5.41) is 9.86. The third-order valence-corrected chi connectivity index (χ3v) is 5.96. The summed E-state index contributed by atoms with van der Waals surface area (Å²) < 4.78 is 36.0. The zero-order valence-electron chi connectivity index (χ0n) is 18.9. The molecule has 1 N–H and O–H groups in total. The van der Waals surface area contributed by atoms with Crippen molar-refractivity contribution >= 4 is 33.1 Å². The van der Waals surface area contributed by atoms with Crippen LogP contribution in [-0.4, -0.2) is 62.5 Å². The van der Waals surface area contributed by atoms with Crippen LogP contribution in [0.1, 0.15) is 27.0 Å². The first-order chi connectivity index (χ1) is 15.5. The smallest absolute Gasteiger partial charge is 0.336 e. The van der Waals surface area contributed by atoms with Crippen LogP contribution in [0.25, 0.3) is 5.57 Å². The molecular formula is C25H26N2O5S. The largest absolute Gasteiger partial charge is 0.748 e. The third-order valence-electron chi connectivity index (χ3n) is 5.27. The van der Waals surface area contributed by atoms with Crippen LogP contribution in [0.3, 0.4) is 0 Å². The van der Waals surface area contributed by atoms with Gasteiger partial charge in [-0.05, 0) is 64.3 Å². The van der Waals surface area contributed by atoms with Gasteiger partial charge in [0, 0.05) is 31.9 Å². The Kier molecular flexibility index (Phi) is 7.00. The van der Waals surface area contributed by atoms with Crippen molar-refractivity contribution in [1.29, 1.82) is 0 Å². The summed E-state index contributed by atoms with van der Waals surface area (Å²) in [5.74, 6) is -1.86. The highest BCUT2D eigenvalue weighted by Crippen LogP contribution is 2.34. The highest BCUT2D eigenvalue weighted by molar-refractivity contribution is 7.84. The van der Waals surface area contributed by atoms with Crippen LogP contribution in [0, 0.1) is 0 Å². The Labute approximate surface area is 194 Å². The Morgan fingerprint density at radius 3 is 2.06 bits per heavy atom. The minimum absolute atomic E-state index is 0.0189. The zero-order valence-corrected chi connectivity index (χ0v) is 19.8. The van der Waals surface area contributed by atoms with Gasteiger partial charge in [-0.1, -0.05) is 18.2 Å². The quantitative estimate of drug-likeness (QED) is 0.519. The van der Waals surface area contributed by atoms with E-state index in [2.05, 4.69) is 0 Å². The summed E-state index contributed by atoms with van der Waals surface area (Å²) in [6, 6.07) is 11.8. The molecular weight excluding hydrogens is 440 g/mol. The lowest BCUT2D eigenvalue weighted by Crippen LogP contribution is -2.11. The van der Waals surface area contributed by atoms with Crippen molar-refractivity contribution in [3.8, 4) is 0 Å². The lowest BCUT2D eigenvalue weighted by molar-refractivity contribution is -0.462. The molecule has 0 radical (unpaired) electrons. The van der Waals surface area contributed by atoms with Gasteiger partial charge in [0.05, 0.1) is 21.4 Å². The van der Waals surface area contributed by atoms with Gasteiger partial charge in [-0.2, -0.15) is 0 Å². The fourth-order valence-electron chi connectivity index (χ4n) is 3.61. The molecule has 0 spiro atoms. The second-order valence-corrected chi connectivity index (χ2v) is 9.55. The molecule has 0 fully saturated rings. The second kappa shape index (κ2) is 9.56. The topological polar surface area (TPSA) is 101 Å². The van der Waals surface area contributed by atoms with E-state index in [-0.39, 0.29) is 11.1 Å². The standard InChI is InChI=1S/C25H26N2O5S/c1-26(2)20-10-6-18(7-11-20)24(19-8-12-21(13-9-19)27(3)4)23-15-17(16-33(30,31)32)5-14-22(23)25(28)29/h5-15H,16H2,1-4H3,(H-,28,29,30,31,32). The van der Waals surface area contributed by atoms with Gasteiger partial charge in [0.2, 0.25) is 0 Å². The molecule has 0 atom stereocenters. The molecule has 1 aliphatic carbocycles. The van der Waals surface area contributed by atoms with Crippen molar-refractivity contribution < 1.29 is 27.4 Å². The molecule has 2 aromatic rings. The van der Waals surface area contributed by atoms with Gasteiger partial charge < -0.3 is 14.6 Å². The van der Waals surface area contributed by atoms with Crippen LogP contribution in [0.2, 0.25) is 0 Å². The molecule has 172 valence electrons. The van der Waals surface area contributed by atoms with E-state index in [0.717, 1.165) is 22.5 Å². The van der Waals surface area contributed by atoms with Crippen LogP contribution in [-0.2, 0) is 15.9 Å². The SMILES string of the molecule is CN(C)c1ccc(C(=C2C=CC(=[N+](C)C)C=C2)c2cc(CS(=O)(=O)[O-])ccc2C(=O)O)cc1. The number of allylic oxidation sites excluding steroid dienone is 5. The van der Waals surface area contributed by atoms with Gasteiger partial charge >= 0.3 is 5.97 Å². The number of benzene rings is 2. The lowest BCUT2D eigenvalue weighted by atomic mass is 9.87. The average Bonchev–Trinajstić information content (AvgIpc) is 2.73. The fourth-order valence-corrected chi connectivity index (χ4v) is 4.20. The first-order valence-corrected chi connectivity index (χ1v) is 11.8. The fraction of sp³-hybridized carbons (Fsp3) is 0.200. The maximum absolute atomic E-state index is 12.1. The van der Waals surface area contributed by atoms with Crippen molar-refractivity contribution in [2.45, 2.75) is 5.75 Å². The number of anilines is 1. The van der Waals surface area contributed by atoms with Crippen molar-refractivity contribution in [1.82, 2.24) is 0 Å². The van der Waals surface area contributed by atoms with Gasteiger partial charge in [0.1, 0.15) is 14.1 Å². The minimum Gasteiger partial charge on any atom is -0.748 e. The molecule has 0 saturated heterocycles. The van der Waals surface area contributed by atoms with Crippen molar-refractivity contribution in [2.75, 3.05) is 33.1 Å². The predicted molar refractivity (Wildman–Crippen MR) is 129 cm³/mol. The van der Waals surface area contributed by atoms with Crippen LogP contribution < -0.4 is 4.90 Å². The third kappa shape index (κ3) is 5.85. The first-order valence-electron chi connectivity index (χ1n) is 10.2. The summed E-state index contributed by atoms with van der Waals surface area (Å²) in [5.41, 5.74) is 4.72. The molecule has 0 aliphatic heterocycles. The summed E-state index contributed by atoms with van der Waals surface area (Å²) >= 11 is 0. The van der Waals surface area contributed by atoms with E-state index < -0.39 is 21.8 Å². The maximum atomic E-state index is 12.1. The van der Waals surface area contributed by atoms with Crippen LogP contribution in [0.15, 0.2) is 72.3 Å². The highest BCUT2D eigenvalue weighted by Gasteiger charge is 2.20. The Balaban J connectivity index is 2.30. The zero-order chi connectivity index (χ0) is 24.3. The van der Waals surface area contributed by atoms with Crippen LogP contribution in [0.5, 0.6) is 0 Å². The molecule has 7 nitrogen and oxygen atoms in total. The molecule has 1 aliphatic rings. The first kappa shape index (κ1) is 24.2. The number of hydrogen-bond acceptors (Lipinski definition) is 5. The van der Waals surface area contributed by atoms with Gasteiger partial charge in [-0.25, -0.2) is 17.8 Å². The van der Waals surface area contributed by atoms with E-state index in [1.807, 2.05) is 86.2 Å². The van der Waals surface area contributed by atoms with Crippen LogP contribution in [0.4, 0.5) is 5.69 Å². The Hall–Kier alpha value is -3.49. The molecule has 0 bridgehead atoms. The summed E-state index contributed by atoms with van der Waals surface area (Å²) in [4.78, 5) is 14.0. The summed E-state index contributed by atoms with van der Waals surface area (Å²) in [6.07, 6.45) is 7.65. The molecule has 8 heteroatoms. The Morgan fingerprint density at radius 2 is 1.58 bits per heavy atom. The molecule has 0 unspecified atom stereocenters. The Bertz CT molecular complexity index is 1290. The molecule has 0 heterocycles. The van der Waals surface area contributed by atoms with E-state index in [1.54, 1.807) is 0 Å². The number of carboxylic acids is 1.